The molecule has 0 amide bonds. The van der Waals surface area contributed by atoms with Crippen molar-refractivity contribution in [2.75, 3.05) is 7.11 Å². The van der Waals surface area contributed by atoms with Crippen molar-refractivity contribution in [3.63, 3.8) is 0 Å². The van der Waals surface area contributed by atoms with Crippen LogP contribution in [0.25, 0.3) is 11.3 Å². The average molecular weight is 301 g/mol. The van der Waals surface area contributed by atoms with Crippen molar-refractivity contribution < 1.29 is 9.26 Å². The summed E-state index contributed by atoms with van der Waals surface area (Å²) in [5.41, 5.74) is 1.90. The Bertz CT molecular complexity index is 422. The van der Waals surface area contributed by atoms with Crippen molar-refractivity contribution in [2.24, 2.45) is 0 Å². The third-order valence-electron chi connectivity index (χ3n) is 1.89. The van der Waals surface area contributed by atoms with E-state index in [4.69, 9.17) is 9.26 Å². The predicted octanol–water partition coefficient (Wildman–Crippen LogP) is 2.95. The topological polar surface area (TPSA) is 35.3 Å². The van der Waals surface area contributed by atoms with Gasteiger partial charge in [-0.25, -0.2) is 0 Å². The third-order valence-corrected chi connectivity index (χ3v) is 2.66. The monoisotopic (exact) mass is 301 g/mol. The van der Waals surface area contributed by atoms with Crippen LogP contribution in [0.2, 0.25) is 0 Å². The Kier molecular flexibility index (Phi) is 2.72. The van der Waals surface area contributed by atoms with Crippen LogP contribution in [0.3, 0.4) is 0 Å². The Morgan fingerprint density at radius 2 is 2.00 bits per heavy atom. The quantitative estimate of drug-likeness (QED) is 0.800. The number of aromatic nitrogens is 1. The van der Waals surface area contributed by atoms with E-state index in [1.54, 1.807) is 13.4 Å². The van der Waals surface area contributed by atoms with Gasteiger partial charge in [-0.3, -0.25) is 0 Å². The molecule has 1 aromatic heterocycles. The minimum Gasteiger partial charge on any atom is -0.497 e. The zero-order valence-electron chi connectivity index (χ0n) is 7.53. The van der Waals surface area contributed by atoms with Crippen molar-refractivity contribution in [3.05, 3.63) is 34.1 Å². The number of hydrogen-bond donors (Lipinski definition) is 0. The molecule has 2 aromatic rings. The lowest BCUT2D eigenvalue weighted by molar-refractivity contribution is 0.414. The largest absolute Gasteiger partial charge is 0.497 e. The van der Waals surface area contributed by atoms with Crippen LogP contribution in [0.1, 0.15) is 0 Å². The van der Waals surface area contributed by atoms with E-state index in [2.05, 4.69) is 27.7 Å². The summed E-state index contributed by atoms with van der Waals surface area (Å²) >= 11 is 2.19. The van der Waals surface area contributed by atoms with Gasteiger partial charge in [0.25, 0.3) is 0 Å². The number of halogens is 1. The van der Waals surface area contributed by atoms with E-state index in [0.717, 1.165) is 20.6 Å². The van der Waals surface area contributed by atoms with E-state index in [-0.39, 0.29) is 0 Å². The highest BCUT2D eigenvalue weighted by atomic mass is 127. The van der Waals surface area contributed by atoms with Crippen molar-refractivity contribution in [1.29, 1.82) is 0 Å². The maximum absolute atomic E-state index is 5.07. The number of methoxy groups -OCH3 is 1. The number of ether oxygens (including phenoxy) is 1. The predicted molar refractivity (Wildman–Crippen MR) is 61.2 cm³/mol. The summed E-state index contributed by atoms with van der Waals surface area (Å²) in [5.74, 6) is 0.840. The molecular formula is C10H8INO2. The zero-order valence-corrected chi connectivity index (χ0v) is 9.69. The molecule has 1 heterocycles. The molecule has 0 aliphatic heterocycles. The Labute approximate surface area is 95.2 Å². The number of hydrogen-bond acceptors (Lipinski definition) is 3. The summed E-state index contributed by atoms with van der Waals surface area (Å²) in [7, 11) is 1.65. The normalized spacial score (nSPS) is 10.1. The van der Waals surface area contributed by atoms with Gasteiger partial charge in [0.15, 0.2) is 0 Å². The lowest BCUT2D eigenvalue weighted by atomic mass is 10.1. The molecule has 0 saturated heterocycles. The molecule has 0 aliphatic rings. The number of nitrogens with zero attached hydrogens (tertiary/aromatic N) is 1. The van der Waals surface area contributed by atoms with Gasteiger partial charge < -0.3 is 9.26 Å². The fraction of sp³-hybridized carbons (Fsp3) is 0.100. The van der Waals surface area contributed by atoms with Gasteiger partial charge >= 0.3 is 0 Å². The van der Waals surface area contributed by atoms with Crippen molar-refractivity contribution in [1.82, 2.24) is 5.16 Å². The first-order chi connectivity index (χ1) is 6.81. The summed E-state index contributed by atoms with van der Waals surface area (Å²) in [6.45, 7) is 0. The minimum absolute atomic E-state index is 0.840. The first-order valence-electron chi connectivity index (χ1n) is 4.05. The third kappa shape index (κ3) is 1.75. The van der Waals surface area contributed by atoms with Gasteiger partial charge in [0, 0.05) is 5.56 Å². The average Bonchev–Trinajstić information content (AvgIpc) is 2.65. The number of benzene rings is 1. The minimum atomic E-state index is 0.840. The van der Waals surface area contributed by atoms with Crippen molar-refractivity contribution >= 4 is 22.6 Å². The molecule has 0 spiro atoms. The van der Waals surface area contributed by atoms with Crippen LogP contribution in [0.5, 0.6) is 5.75 Å². The fourth-order valence-corrected chi connectivity index (χ4v) is 1.69. The molecule has 0 N–H and O–H groups in total. The Morgan fingerprint density at radius 1 is 1.29 bits per heavy atom. The second-order valence-electron chi connectivity index (χ2n) is 2.74. The molecule has 4 heteroatoms. The fourth-order valence-electron chi connectivity index (χ4n) is 1.16. The molecule has 0 saturated carbocycles. The van der Waals surface area contributed by atoms with Gasteiger partial charge in [-0.15, -0.1) is 0 Å². The molecule has 14 heavy (non-hydrogen) atoms. The highest BCUT2D eigenvalue weighted by Gasteiger charge is 2.06. The Hall–Kier alpha value is -1.04. The van der Waals surface area contributed by atoms with Crippen LogP contribution in [0, 0.1) is 3.57 Å². The molecule has 0 atom stereocenters. The summed E-state index contributed by atoms with van der Waals surface area (Å²) in [5, 5.41) is 3.92. The first kappa shape index (κ1) is 9.51. The summed E-state index contributed by atoms with van der Waals surface area (Å²) in [4.78, 5) is 0. The maximum atomic E-state index is 5.07. The van der Waals surface area contributed by atoms with E-state index < -0.39 is 0 Å². The van der Waals surface area contributed by atoms with Crippen molar-refractivity contribution in [2.45, 2.75) is 0 Å². The van der Waals surface area contributed by atoms with Crippen LogP contribution < -0.4 is 4.74 Å². The van der Waals surface area contributed by atoms with E-state index in [1.165, 1.54) is 0 Å². The SMILES string of the molecule is COc1ccc(-c2nocc2I)cc1. The van der Waals surface area contributed by atoms with E-state index in [9.17, 15) is 0 Å². The molecule has 3 nitrogen and oxygen atoms in total. The summed E-state index contributed by atoms with van der Waals surface area (Å²) in [6.07, 6.45) is 1.63. The zero-order chi connectivity index (χ0) is 9.97. The van der Waals surface area contributed by atoms with Crippen LogP contribution in [-0.2, 0) is 0 Å². The Morgan fingerprint density at radius 3 is 2.50 bits per heavy atom. The van der Waals surface area contributed by atoms with E-state index in [1.807, 2.05) is 24.3 Å². The summed E-state index contributed by atoms with van der Waals surface area (Å²) in [6, 6.07) is 7.72. The van der Waals surface area contributed by atoms with Gasteiger partial charge in [0.1, 0.15) is 17.7 Å². The molecule has 0 aliphatic carbocycles. The summed E-state index contributed by atoms with van der Waals surface area (Å²) < 4.78 is 10.9. The smallest absolute Gasteiger partial charge is 0.137 e. The molecule has 2 rings (SSSR count). The highest BCUT2D eigenvalue weighted by Crippen LogP contribution is 2.25. The Balaban J connectivity index is 2.39. The molecule has 72 valence electrons. The first-order valence-corrected chi connectivity index (χ1v) is 5.13. The van der Waals surface area contributed by atoms with Gasteiger partial charge in [-0.1, -0.05) is 5.16 Å². The van der Waals surface area contributed by atoms with Crippen LogP contribution in [0.15, 0.2) is 35.1 Å². The molecule has 1 aromatic carbocycles. The standard InChI is InChI=1S/C10H8INO2/c1-13-8-4-2-7(3-5-8)10-9(11)6-14-12-10/h2-6H,1H3. The second-order valence-corrected chi connectivity index (χ2v) is 3.90. The molecule has 0 fully saturated rings. The van der Waals surface area contributed by atoms with E-state index in [0.29, 0.717) is 0 Å². The lowest BCUT2D eigenvalue weighted by Crippen LogP contribution is -1.83. The van der Waals surface area contributed by atoms with Crippen LogP contribution in [0.4, 0.5) is 0 Å². The van der Waals surface area contributed by atoms with Crippen LogP contribution >= 0.6 is 22.6 Å². The van der Waals surface area contributed by atoms with Gasteiger partial charge in [0.05, 0.1) is 10.7 Å². The molecule has 0 unspecified atom stereocenters. The van der Waals surface area contributed by atoms with Crippen molar-refractivity contribution in [3.8, 4) is 17.0 Å². The molecular weight excluding hydrogens is 293 g/mol. The van der Waals surface area contributed by atoms with Gasteiger partial charge in [-0.05, 0) is 46.9 Å². The van der Waals surface area contributed by atoms with Gasteiger partial charge in [-0.2, -0.15) is 0 Å². The highest BCUT2D eigenvalue weighted by molar-refractivity contribution is 14.1. The lowest BCUT2D eigenvalue weighted by Gasteiger charge is -2.00. The van der Waals surface area contributed by atoms with E-state index >= 15 is 0 Å². The molecule has 0 radical (unpaired) electrons. The second kappa shape index (κ2) is 4.00. The van der Waals surface area contributed by atoms with Crippen LogP contribution in [-0.4, -0.2) is 12.3 Å². The maximum Gasteiger partial charge on any atom is 0.137 e. The van der Waals surface area contributed by atoms with Gasteiger partial charge in [0.2, 0.25) is 0 Å². The molecule has 0 bridgehead atoms. The number of rotatable bonds is 2.